The molecule has 104 valence electrons. The maximum Gasteiger partial charge on any atom is 0.339 e. The maximum atomic E-state index is 11.1. The van der Waals surface area contributed by atoms with E-state index in [2.05, 4.69) is 4.90 Å². The fourth-order valence-corrected chi connectivity index (χ4v) is 3.76. The Morgan fingerprint density at radius 3 is 2.95 bits per heavy atom. The highest BCUT2D eigenvalue weighted by molar-refractivity contribution is 5.88. The lowest BCUT2D eigenvalue weighted by molar-refractivity contribution is 0.0483. The van der Waals surface area contributed by atoms with Crippen molar-refractivity contribution in [2.75, 3.05) is 6.54 Å². The van der Waals surface area contributed by atoms with Crippen molar-refractivity contribution in [3.63, 3.8) is 0 Å². The normalized spacial score (nSPS) is 28.0. The zero-order valence-corrected chi connectivity index (χ0v) is 11.2. The largest absolute Gasteiger partial charge is 0.478 e. The highest BCUT2D eigenvalue weighted by atomic mass is 16.4. The van der Waals surface area contributed by atoms with E-state index in [1.807, 2.05) is 0 Å². The SMILES string of the molecule is O=C(O)c1ccoc1CN1CCC[C@H]2CCCC[C@H]21. The molecule has 0 radical (unpaired) electrons. The van der Waals surface area contributed by atoms with Crippen molar-refractivity contribution < 1.29 is 14.3 Å². The lowest BCUT2D eigenvalue weighted by Gasteiger charge is -2.43. The molecule has 1 saturated heterocycles. The molecule has 19 heavy (non-hydrogen) atoms. The van der Waals surface area contributed by atoms with Crippen LogP contribution in [0.1, 0.15) is 54.6 Å². The third-order valence-electron chi connectivity index (χ3n) is 4.68. The Kier molecular flexibility index (Phi) is 3.60. The molecule has 0 aromatic carbocycles. The summed E-state index contributed by atoms with van der Waals surface area (Å²) in [4.78, 5) is 13.6. The Morgan fingerprint density at radius 1 is 1.32 bits per heavy atom. The molecule has 2 aliphatic rings. The van der Waals surface area contributed by atoms with Crippen LogP contribution < -0.4 is 0 Å². The molecule has 1 aromatic rings. The van der Waals surface area contributed by atoms with Crippen LogP contribution in [0.2, 0.25) is 0 Å². The van der Waals surface area contributed by atoms with Crippen molar-refractivity contribution in [2.24, 2.45) is 5.92 Å². The number of hydrogen-bond acceptors (Lipinski definition) is 3. The van der Waals surface area contributed by atoms with Crippen molar-refractivity contribution in [1.29, 1.82) is 0 Å². The van der Waals surface area contributed by atoms with E-state index < -0.39 is 5.97 Å². The lowest BCUT2D eigenvalue weighted by Crippen LogP contribution is -2.46. The van der Waals surface area contributed by atoms with E-state index in [1.54, 1.807) is 6.07 Å². The van der Waals surface area contributed by atoms with Crippen LogP contribution in [0.4, 0.5) is 0 Å². The molecule has 0 amide bonds. The summed E-state index contributed by atoms with van der Waals surface area (Å²) in [6.45, 7) is 1.72. The molecule has 1 saturated carbocycles. The van der Waals surface area contributed by atoms with Crippen LogP contribution in [0.5, 0.6) is 0 Å². The summed E-state index contributed by atoms with van der Waals surface area (Å²) in [5, 5.41) is 9.14. The standard InChI is InChI=1S/C15H21NO3/c17-15(18)12-7-9-19-14(12)10-16-8-3-5-11-4-1-2-6-13(11)16/h7,9,11,13H,1-6,8,10H2,(H,17,18)/t11-,13-/m1/s1. The molecule has 1 N–H and O–H groups in total. The second-order valence-corrected chi connectivity index (χ2v) is 5.79. The average molecular weight is 263 g/mol. The summed E-state index contributed by atoms with van der Waals surface area (Å²) in [5.41, 5.74) is 0.318. The van der Waals surface area contributed by atoms with Gasteiger partial charge in [0, 0.05) is 6.04 Å². The van der Waals surface area contributed by atoms with Crippen molar-refractivity contribution in [3.05, 3.63) is 23.7 Å². The second kappa shape index (κ2) is 5.37. The predicted molar refractivity (Wildman–Crippen MR) is 71.1 cm³/mol. The van der Waals surface area contributed by atoms with Crippen LogP contribution in [0.25, 0.3) is 0 Å². The molecule has 3 rings (SSSR count). The first-order valence-electron chi connectivity index (χ1n) is 7.29. The fraction of sp³-hybridized carbons (Fsp3) is 0.667. The number of furan rings is 1. The summed E-state index contributed by atoms with van der Waals surface area (Å²) < 4.78 is 5.39. The average Bonchev–Trinajstić information content (AvgIpc) is 2.87. The number of piperidine rings is 1. The summed E-state index contributed by atoms with van der Waals surface area (Å²) in [6.07, 6.45) is 9.31. The minimum Gasteiger partial charge on any atom is -0.478 e. The molecule has 2 atom stereocenters. The topological polar surface area (TPSA) is 53.7 Å². The number of fused-ring (bicyclic) bond motifs is 1. The summed E-state index contributed by atoms with van der Waals surface area (Å²) in [7, 11) is 0. The van der Waals surface area contributed by atoms with Gasteiger partial charge in [-0.2, -0.15) is 0 Å². The van der Waals surface area contributed by atoms with Crippen LogP contribution in [0, 0.1) is 5.92 Å². The van der Waals surface area contributed by atoms with E-state index in [1.165, 1.54) is 44.8 Å². The molecule has 1 aliphatic carbocycles. The van der Waals surface area contributed by atoms with E-state index >= 15 is 0 Å². The van der Waals surface area contributed by atoms with E-state index in [-0.39, 0.29) is 0 Å². The number of carboxylic acids is 1. The third-order valence-corrected chi connectivity index (χ3v) is 4.68. The number of carboxylic acid groups (broad SMARTS) is 1. The number of likely N-dealkylation sites (tertiary alicyclic amines) is 1. The third kappa shape index (κ3) is 2.54. The molecular formula is C15H21NO3. The van der Waals surface area contributed by atoms with Gasteiger partial charge in [-0.1, -0.05) is 12.8 Å². The van der Waals surface area contributed by atoms with Crippen LogP contribution >= 0.6 is 0 Å². The van der Waals surface area contributed by atoms with Gasteiger partial charge in [0.2, 0.25) is 0 Å². The highest BCUT2D eigenvalue weighted by Gasteiger charge is 2.34. The molecule has 0 bridgehead atoms. The van der Waals surface area contributed by atoms with Crippen molar-refractivity contribution in [3.8, 4) is 0 Å². The number of hydrogen-bond donors (Lipinski definition) is 1. The quantitative estimate of drug-likeness (QED) is 0.910. The van der Waals surface area contributed by atoms with E-state index in [0.717, 1.165) is 12.5 Å². The van der Waals surface area contributed by atoms with Crippen LogP contribution in [0.15, 0.2) is 16.7 Å². The fourth-order valence-electron chi connectivity index (χ4n) is 3.76. The van der Waals surface area contributed by atoms with Crippen LogP contribution in [-0.2, 0) is 6.54 Å². The van der Waals surface area contributed by atoms with Crippen LogP contribution in [-0.4, -0.2) is 28.6 Å². The van der Waals surface area contributed by atoms with Gasteiger partial charge in [0.1, 0.15) is 11.3 Å². The Bertz CT molecular complexity index is 452. The van der Waals surface area contributed by atoms with Gasteiger partial charge < -0.3 is 9.52 Å². The Morgan fingerprint density at radius 2 is 2.11 bits per heavy atom. The molecule has 0 spiro atoms. The zero-order chi connectivity index (χ0) is 13.2. The lowest BCUT2D eigenvalue weighted by atomic mass is 9.78. The molecule has 1 aromatic heterocycles. The van der Waals surface area contributed by atoms with E-state index in [9.17, 15) is 4.79 Å². The minimum atomic E-state index is -0.888. The smallest absolute Gasteiger partial charge is 0.339 e. The first-order valence-corrected chi connectivity index (χ1v) is 7.29. The number of carbonyl (C=O) groups is 1. The molecule has 1 aliphatic heterocycles. The van der Waals surface area contributed by atoms with Gasteiger partial charge in [-0.05, 0) is 44.2 Å². The van der Waals surface area contributed by atoms with Crippen molar-refractivity contribution >= 4 is 5.97 Å². The predicted octanol–water partition coefficient (Wildman–Crippen LogP) is 3.13. The molecule has 2 fully saturated rings. The van der Waals surface area contributed by atoms with Gasteiger partial charge >= 0.3 is 5.97 Å². The Labute approximate surface area is 113 Å². The monoisotopic (exact) mass is 263 g/mol. The van der Waals surface area contributed by atoms with Crippen molar-refractivity contribution in [2.45, 2.75) is 51.1 Å². The Balaban J connectivity index is 1.74. The van der Waals surface area contributed by atoms with Gasteiger partial charge in [-0.15, -0.1) is 0 Å². The van der Waals surface area contributed by atoms with Gasteiger partial charge in [0.15, 0.2) is 0 Å². The van der Waals surface area contributed by atoms with E-state index in [4.69, 9.17) is 9.52 Å². The summed E-state index contributed by atoms with van der Waals surface area (Å²) >= 11 is 0. The molecule has 2 heterocycles. The minimum absolute atomic E-state index is 0.318. The number of rotatable bonds is 3. The Hall–Kier alpha value is -1.29. The highest BCUT2D eigenvalue weighted by Crippen LogP contribution is 2.36. The molecule has 4 nitrogen and oxygen atoms in total. The summed E-state index contributed by atoms with van der Waals surface area (Å²) in [6, 6.07) is 2.19. The molecule has 4 heteroatoms. The molecule has 0 unspecified atom stereocenters. The maximum absolute atomic E-state index is 11.1. The van der Waals surface area contributed by atoms with Gasteiger partial charge in [0.05, 0.1) is 12.8 Å². The first-order chi connectivity index (χ1) is 9.25. The first kappa shape index (κ1) is 12.7. The van der Waals surface area contributed by atoms with E-state index in [0.29, 0.717) is 23.9 Å². The molecular weight excluding hydrogens is 242 g/mol. The van der Waals surface area contributed by atoms with Gasteiger partial charge in [-0.3, -0.25) is 4.90 Å². The number of aromatic carboxylic acids is 1. The second-order valence-electron chi connectivity index (χ2n) is 5.79. The van der Waals surface area contributed by atoms with Gasteiger partial charge in [0.25, 0.3) is 0 Å². The zero-order valence-electron chi connectivity index (χ0n) is 11.2. The number of nitrogens with zero attached hydrogens (tertiary/aromatic N) is 1. The van der Waals surface area contributed by atoms with Gasteiger partial charge in [-0.25, -0.2) is 4.79 Å². The summed E-state index contributed by atoms with van der Waals surface area (Å²) in [5.74, 6) is 0.533. The van der Waals surface area contributed by atoms with Crippen molar-refractivity contribution in [1.82, 2.24) is 4.90 Å². The van der Waals surface area contributed by atoms with Crippen LogP contribution in [0.3, 0.4) is 0 Å².